The second-order valence-electron chi connectivity index (χ2n) is 8.57. The Hall–Kier alpha value is -4.43. The van der Waals surface area contributed by atoms with Crippen LogP contribution in [-0.2, 0) is 13.2 Å². The summed E-state index contributed by atoms with van der Waals surface area (Å²) in [7, 11) is 0. The molecule has 0 fully saturated rings. The van der Waals surface area contributed by atoms with Crippen molar-refractivity contribution in [2.75, 3.05) is 6.54 Å². The molecule has 3 aromatic heterocycles. The number of nitrogens with two attached hydrogens (primary N) is 1. The van der Waals surface area contributed by atoms with E-state index >= 15 is 0 Å². The molecule has 0 bridgehead atoms. The number of rotatable bonds is 7. The van der Waals surface area contributed by atoms with Gasteiger partial charge < -0.3 is 20.0 Å². The first-order valence-corrected chi connectivity index (χ1v) is 11.6. The molecule has 3 aromatic carbocycles. The molecule has 174 valence electrons. The van der Waals surface area contributed by atoms with Crippen LogP contribution >= 0.6 is 0 Å². The maximum atomic E-state index is 13.1. The number of fused-ring (bicyclic) bond motifs is 3. The maximum absolute atomic E-state index is 13.1. The second-order valence-corrected chi connectivity index (χ2v) is 8.57. The molecule has 0 atom stereocenters. The number of hydrogen-bond donors (Lipinski definition) is 3. The summed E-state index contributed by atoms with van der Waals surface area (Å²) in [4.78, 5) is 20.9. The van der Waals surface area contributed by atoms with E-state index in [4.69, 9.17) is 15.5 Å². The van der Waals surface area contributed by atoms with E-state index in [0.29, 0.717) is 29.9 Å². The molecule has 0 radical (unpaired) electrons. The van der Waals surface area contributed by atoms with Gasteiger partial charge in [0.25, 0.3) is 5.56 Å². The van der Waals surface area contributed by atoms with Gasteiger partial charge in [-0.05, 0) is 42.8 Å². The van der Waals surface area contributed by atoms with Crippen molar-refractivity contribution in [3.05, 3.63) is 89.0 Å². The van der Waals surface area contributed by atoms with E-state index < -0.39 is 0 Å². The van der Waals surface area contributed by atoms with Crippen molar-refractivity contribution >= 4 is 32.8 Å². The Morgan fingerprint density at radius 1 is 1.03 bits per heavy atom. The van der Waals surface area contributed by atoms with Crippen LogP contribution in [0.3, 0.4) is 0 Å². The number of ether oxygens (including phenoxy) is 1. The van der Waals surface area contributed by atoms with Gasteiger partial charge in [0.15, 0.2) is 0 Å². The Morgan fingerprint density at radius 3 is 2.77 bits per heavy atom. The fraction of sp³-hybridized carbons (Fsp3) is 0.148. The minimum atomic E-state index is -0.234. The van der Waals surface area contributed by atoms with Gasteiger partial charge in [-0.15, -0.1) is 0 Å². The Kier molecular flexibility index (Phi) is 5.27. The molecule has 0 saturated heterocycles. The molecule has 8 nitrogen and oxygen atoms in total. The normalized spacial score (nSPS) is 11.6. The zero-order valence-electron chi connectivity index (χ0n) is 19.0. The van der Waals surface area contributed by atoms with Crippen molar-refractivity contribution in [2.45, 2.75) is 19.6 Å². The molecule has 0 spiro atoms. The molecule has 0 aliphatic heterocycles. The van der Waals surface area contributed by atoms with Crippen LogP contribution in [-0.4, -0.2) is 31.3 Å². The summed E-state index contributed by atoms with van der Waals surface area (Å²) in [6.07, 6.45) is 4.53. The zero-order valence-corrected chi connectivity index (χ0v) is 19.0. The molecule has 4 N–H and O–H groups in total. The minimum absolute atomic E-state index is 0.234. The molecule has 0 aliphatic carbocycles. The Morgan fingerprint density at radius 2 is 1.91 bits per heavy atom. The van der Waals surface area contributed by atoms with Crippen LogP contribution in [0.2, 0.25) is 0 Å². The Bertz CT molecular complexity index is 1710. The van der Waals surface area contributed by atoms with Gasteiger partial charge in [0, 0.05) is 35.1 Å². The number of H-pyrrole nitrogens is 2. The summed E-state index contributed by atoms with van der Waals surface area (Å²) in [5, 5.41) is 8.89. The van der Waals surface area contributed by atoms with Crippen LogP contribution in [0.25, 0.3) is 44.1 Å². The lowest BCUT2D eigenvalue weighted by atomic mass is 10.1. The summed E-state index contributed by atoms with van der Waals surface area (Å²) in [5.41, 5.74) is 11.0. The largest absolute Gasteiger partial charge is 0.489 e. The second kappa shape index (κ2) is 8.73. The molecule has 0 amide bonds. The summed E-state index contributed by atoms with van der Waals surface area (Å²) < 4.78 is 8.18. The van der Waals surface area contributed by atoms with Crippen molar-refractivity contribution in [1.82, 2.24) is 24.7 Å². The topological polar surface area (TPSA) is 115 Å². The highest BCUT2D eigenvalue weighted by Gasteiger charge is 2.17. The van der Waals surface area contributed by atoms with Gasteiger partial charge in [-0.2, -0.15) is 5.10 Å². The van der Waals surface area contributed by atoms with E-state index in [9.17, 15) is 4.79 Å². The molecule has 6 rings (SSSR count). The fourth-order valence-electron chi connectivity index (χ4n) is 4.45. The van der Waals surface area contributed by atoms with E-state index in [-0.39, 0.29) is 5.56 Å². The summed E-state index contributed by atoms with van der Waals surface area (Å²) in [6.45, 7) is 1.79. The SMILES string of the molecule is NCCCn1cc(-c2nc3cc4[nH]ncc4cc3[nH]c2=O)c2ccc(OCc3ccccc3)cc21. The minimum Gasteiger partial charge on any atom is -0.489 e. The van der Waals surface area contributed by atoms with Crippen molar-refractivity contribution in [1.29, 1.82) is 0 Å². The average molecular weight is 465 g/mol. The first kappa shape index (κ1) is 21.1. The van der Waals surface area contributed by atoms with Gasteiger partial charge in [-0.25, -0.2) is 4.98 Å². The molecule has 3 heterocycles. The Balaban J connectivity index is 1.44. The van der Waals surface area contributed by atoms with Crippen molar-refractivity contribution in [2.24, 2.45) is 5.73 Å². The number of aryl methyl sites for hydroxylation is 1. The van der Waals surface area contributed by atoms with E-state index in [1.165, 1.54) is 0 Å². The van der Waals surface area contributed by atoms with Crippen LogP contribution in [0.15, 0.2) is 77.9 Å². The predicted octanol–water partition coefficient (Wildman–Crippen LogP) is 4.35. The molecule has 8 heteroatoms. The lowest BCUT2D eigenvalue weighted by Crippen LogP contribution is -2.11. The lowest BCUT2D eigenvalue weighted by molar-refractivity contribution is 0.306. The third-order valence-corrected chi connectivity index (χ3v) is 6.21. The van der Waals surface area contributed by atoms with E-state index in [0.717, 1.165) is 51.6 Å². The van der Waals surface area contributed by atoms with Gasteiger partial charge in [-0.1, -0.05) is 30.3 Å². The highest BCUT2D eigenvalue weighted by atomic mass is 16.5. The molecule has 0 saturated carbocycles. The molecule has 6 aromatic rings. The van der Waals surface area contributed by atoms with Gasteiger partial charge in [-0.3, -0.25) is 9.89 Å². The van der Waals surface area contributed by atoms with Crippen LogP contribution in [0, 0.1) is 0 Å². The standard InChI is InChI=1S/C27H24N6O2/c28-9-4-10-33-15-21(20-8-7-19(12-25(20)33)35-16-17-5-2-1-3-6-17)26-27(34)31-23-11-18-14-29-32-22(18)13-24(23)30-26/h1-3,5-8,11-15H,4,9-10,16,28H2,(H,29,32)(H,31,34). The van der Waals surface area contributed by atoms with Crippen molar-refractivity contribution in [3.63, 3.8) is 0 Å². The van der Waals surface area contributed by atoms with Crippen LogP contribution < -0.4 is 16.0 Å². The number of aromatic nitrogens is 5. The first-order valence-electron chi connectivity index (χ1n) is 11.6. The van der Waals surface area contributed by atoms with Crippen molar-refractivity contribution < 1.29 is 4.74 Å². The first-order chi connectivity index (χ1) is 17.2. The number of aromatic amines is 2. The van der Waals surface area contributed by atoms with E-state index in [2.05, 4.69) is 19.7 Å². The third-order valence-electron chi connectivity index (χ3n) is 6.21. The molecular formula is C27H24N6O2. The highest BCUT2D eigenvalue weighted by Crippen LogP contribution is 2.32. The summed E-state index contributed by atoms with van der Waals surface area (Å²) in [6, 6.07) is 19.8. The smallest absolute Gasteiger partial charge is 0.275 e. The molecule has 0 aliphatic rings. The van der Waals surface area contributed by atoms with Crippen LogP contribution in [0.1, 0.15) is 12.0 Å². The lowest BCUT2D eigenvalue weighted by Gasteiger charge is -2.08. The predicted molar refractivity (Wildman–Crippen MR) is 137 cm³/mol. The van der Waals surface area contributed by atoms with E-state index in [1.54, 1.807) is 6.20 Å². The number of nitrogens with one attached hydrogen (secondary N) is 2. The summed E-state index contributed by atoms with van der Waals surface area (Å²) >= 11 is 0. The molecule has 35 heavy (non-hydrogen) atoms. The molecular weight excluding hydrogens is 440 g/mol. The average Bonchev–Trinajstić information content (AvgIpc) is 3.49. The fourth-order valence-corrected chi connectivity index (χ4v) is 4.45. The number of hydrogen-bond acceptors (Lipinski definition) is 5. The third kappa shape index (κ3) is 3.94. The number of nitrogens with zero attached hydrogens (tertiary/aromatic N) is 3. The monoisotopic (exact) mass is 464 g/mol. The number of benzene rings is 3. The molecule has 0 unspecified atom stereocenters. The zero-order chi connectivity index (χ0) is 23.8. The maximum Gasteiger partial charge on any atom is 0.275 e. The summed E-state index contributed by atoms with van der Waals surface area (Å²) in [5.74, 6) is 0.766. The van der Waals surface area contributed by atoms with Gasteiger partial charge in [0.2, 0.25) is 0 Å². The van der Waals surface area contributed by atoms with Gasteiger partial charge in [0.05, 0.1) is 28.3 Å². The van der Waals surface area contributed by atoms with Crippen LogP contribution in [0.4, 0.5) is 0 Å². The van der Waals surface area contributed by atoms with Crippen LogP contribution in [0.5, 0.6) is 5.75 Å². The van der Waals surface area contributed by atoms with Crippen molar-refractivity contribution in [3.8, 4) is 17.0 Å². The highest BCUT2D eigenvalue weighted by molar-refractivity contribution is 5.98. The van der Waals surface area contributed by atoms with E-state index in [1.807, 2.05) is 66.9 Å². The van der Waals surface area contributed by atoms with Gasteiger partial charge >= 0.3 is 0 Å². The Labute approximate surface area is 200 Å². The van der Waals surface area contributed by atoms with Gasteiger partial charge in [0.1, 0.15) is 18.1 Å². The quantitative estimate of drug-likeness (QED) is 0.325.